The van der Waals surface area contributed by atoms with Crippen LogP contribution in [0.3, 0.4) is 0 Å². The van der Waals surface area contributed by atoms with Gasteiger partial charge >= 0.3 is 0 Å². The van der Waals surface area contributed by atoms with E-state index in [9.17, 15) is 9.59 Å². The van der Waals surface area contributed by atoms with E-state index >= 15 is 0 Å². The molecule has 0 saturated carbocycles. The lowest BCUT2D eigenvalue weighted by molar-refractivity contribution is -0.133. The average Bonchev–Trinajstić information content (AvgIpc) is 3.25. The smallest absolute Gasteiger partial charge is 0.261 e. The van der Waals surface area contributed by atoms with E-state index < -0.39 is 0 Å². The van der Waals surface area contributed by atoms with Crippen molar-refractivity contribution in [3.05, 3.63) is 58.3 Å². The van der Waals surface area contributed by atoms with Crippen LogP contribution in [0.25, 0.3) is 0 Å². The first-order chi connectivity index (χ1) is 13.2. The molecule has 0 atom stereocenters. The van der Waals surface area contributed by atoms with Gasteiger partial charge in [-0.1, -0.05) is 36.4 Å². The Morgan fingerprint density at radius 3 is 2.48 bits per heavy atom. The van der Waals surface area contributed by atoms with Crippen LogP contribution in [0.15, 0.2) is 47.8 Å². The number of rotatable bonds is 8. The summed E-state index contributed by atoms with van der Waals surface area (Å²) >= 11 is 1.43. The Labute approximate surface area is 165 Å². The maximum absolute atomic E-state index is 12.4. The van der Waals surface area contributed by atoms with Crippen LogP contribution in [0.2, 0.25) is 0 Å². The molecular weight excluding hydrogens is 358 g/mol. The maximum atomic E-state index is 12.4. The minimum absolute atomic E-state index is 0.0514. The van der Waals surface area contributed by atoms with Gasteiger partial charge in [0.2, 0.25) is 5.91 Å². The lowest BCUT2D eigenvalue weighted by Crippen LogP contribution is -2.49. The fourth-order valence-corrected chi connectivity index (χ4v) is 3.89. The van der Waals surface area contributed by atoms with Crippen molar-refractivity contribution in [1.82, 2.24) is 15.1 Å². The second-order valence-corrected chi connectivity index (χ2v) is 7.74. The molecule has 1 aliphatic rings. The molecule has 0 unspecified atom stereocenters. The van der Waals surface area contributed by atoms with Crippen LogP contribution >= 0.6 is 11.3 Å². The summed E-state index contributed by atoms with van der Waals surface area (Å²) in [5.41, 5.74) is 1.36. The topological polar surface area (TPSA) is 52.7 Å². The molecule has 27 heavy (non-hydrogen) atoms. The monoisotopic (exact) mass is 385 g/mol. The summed E-state index contributed by atoms with van der Waals surface area (Å²) in [6.07, 6.45) is 2.23. The van der Waals surface area contributed by atoms with Gasteiger partial charge in [0.25, 0.3) is 5.91 Å². The van der Waals surface area contributed by atoms with Gasteiger partial charge in [0.15, 0.2) is 0 Å². The molecule has 1 fully saturated rings. The highest BCUT2D eigenvalue weighted by atomic mass is 32.1. The van der Waals surface area contributed by atoms with Crippen LogP contribution in [0.1, 0.15) is 28.1 Å². The van der Waals surface area contributed by atoms with Crippen molar-refractivity contribution in [1.29, 1.82) is 0 Å². The molecule has 1 aliphatic heterocycles. The van der Waals surface area contributed by atoms with Gasteiger partial charge in [-0.3, -0.25) is 14.5 Å². The van der Waals surface area contributed by atoms with E-state index in [1.807, 2.05) is 28.5 Å². The van der Waals surface area contributed by atoms with Gasteiger partial charge in [0.05, 0.1) is 4.88 Å². The quantitative estimate of drug-likeness (QED) is 0.711. The Hall–Kier alpha value is -2.18. The number of thiophene rings is 1. The summed E-state index contributed by atoms with van der Waals surface area (Å²) in [6, 6.07) is 14.2. The highest BCUT2D eigenvalue weighted by Gasteiger charge is 2.20. The molecule has 2 amide bonds. The second kappa shape index (κ2) is 10.2. The van der Waals surface area contributed by atoms with Crippen LogP contribution in [0.5, 0.6) is 0 Å². The number of benzene rings is 1. The number of hydrogen-bond acceptors (Lipinski definition) is 4. The SMILES string of the molecule is O=C(NCCCC(=O)N1CCN(CCc2ccccc2)CC1)c1cccs1. The van der Waals surface area contributed by atoms with E-state index in [0.29, 0.717) is 24.3 Å². The third kappa shape index (κ3) is 6.19. The van der Waals surface area contributed by atoms with Crippen molar-refractivity contribution in [2.24, 2.45) is 0 Å². The van der Waals surface area contributed by atoms with Crippen LogP contribution in [-0.2, 0) is 11.2 Å². The molecule has 1 saturated heterocycles. The van der Waals surface area contributed by atoms with Gasteiger partial charge in [-0.2, -0.15) is 0 Å². The van der Waals surface area contributed by atoms with E-state index in [1.165, 1.54) is 16.9 Å². The Kier molecular flexibility index (Phi) is 7.42. The summed E-state index contributed by atoms with van der Waals surface area (Å²) in [5, 5.41) is 4.76. The van der Waals surface area contributed by atoms with Gasteiger partial charge in [-0.05, 0) is 29.9 Å². The van der Waals surface area contributed by atoms with E-state index in [2.05, 4.69) is 34.5 Å². The molecule has 0 spiro atoms. The van der Waals surface area contributed by atoms with Crippen LogP contribution in [0, 0.1) is 0 Å². The zero-order valence-electron chi connectivity index (χ0n) is 15.6. The molecular formula is C21H27N3O2S. The lowest BCUT2D eigenvalue weighted by Gasteiger charge is -2.34. The highest BCUT2D eigenvalue weighted by Crippen LogP contribution is 2.09. The van der Waals surface area contributed by atoms with Gasteiger partial charge in [0.1, 0.15) is 0 Å². The van der Waals surface area contributed by atoms with Gasteiger partial charge in [0, 0.05) is 45.7 Å². The van der Waals surface area contributed by atoms with Gasteiger partial charge in [-0.15, -0.1) is 11.3 Å². The maximum Gasteiger partial charge on any atom is 0.261 e. The lowest BCUT2D eigenvalue weighted by atomic mass is 10.1. The number of hydrogen-bond donors (Lipinski definition) is 1. The molecule has 3 rings (SSSR count). The van der Waals surface area contributed by atoms with E-state index in [-0.39, 0.29) is 11.8 Å². The molecule has 0 bridgehead atoms. The Bertz CT molecular complexity index is 710. The minimum Gasteiger partial charge on any atom is -0.351 e. The summed E-state index contributed by atoms with van der Waals surface area (Å²) < 4.78 is 0. The van der Waals surface area contributed by atoms with E-state index in [0.717, 1.165) is 39.1 Å². The molecule has 144 valence electrons. The number of nitrogens with one attached hydrogen (secondary N) is 1. The largest absolute Gasteiger partial charge is 0.351 e. The molecule has 0 radical (unpaired) electrons. The first-order valence-corrected chi connectivity index (χ1v) is 10.5. The zero-order valence-corrected chi connectivity index (χ0v) is 16.4. The summed E-state index contributed by atoms with van der Waals surface area (Å²) in [5.74, 6) is 0.146. The predicted molar refractivity (Wildman–Crippen MR) is 109 cm³/mol. The minimum atomic E-state index is -0.0514. The van der Waals surface area contributed by atoms with Crippen LogP contribution < -0.4 is 5.32 Å². The summed E-state index contributed by atoms with van der Waals surface area (Å²) in [4.78, 5) is 29.3. The second-order valence-electron chi connectivity index (χ2n) is 6.79. The Morgan fingerprint density at radius 2 is 1.78 bits per heavy atom. The molecule has 2 aromatic rings. The van der Waals surface area contributed by atoms with E-state index in [4.69, 9.17) is 0 Å². The molecule has 5 nitrogen and oxygen atoms in total. The fourth-order valence-electron chi connectivity index (χ4n) is 3.25. The van der Waals surface area contributed by atoms with Crippen LogP contribution in [-0.4, -0.2) is 60.9 Å². The van der Waals surface area contributed by atoms with Crippen molar-refractivity contribution in [2.75, 3.05) is 39.3 Å². The zero-order chi connectivity index (χ0) is 18.9. The predicted octanol–water partition coefficient (Wildman–Crippen LogP) is 2.65. The van der Waals surface area contributed by atoms with Crippen molar-refractivity contribution >= 4 is 23.2 Å². The average molecular weight is 386 g/mol. The highest BCUT2D eigenvalue weighted by molar-refractivity contribution is 7.12. The Balaban J connectivity index is 1.28. The third-order valence-electron chi connectivity index (χ3n) is 4.88. The first-order valence-electron chi connectivity index (χ1n) is 9.58. The van der Waals surface area contributed by atoms with Crippen LogP contribution in [0.4, 0.5) is 0 Å². The molecule has 6 heteroatoms. The Morgan fingerprint density at radius 1 is 1.00 bits per heavy atom. The van der Waals surface area contributed by atoms with Crippen molar-refractivity contribution in [3.8, 4) is 0 Å². The number of carbonyl (C=O) groups excluding carboxylic acids is 2. The number of piperazine rings is 1. The number of carbonyl (C=O) groups is 2. The summed E-state index contributed by atoms with van der Waals surface area (Å²) in [6.45, 7) is 5.06. The van der Waals surface area contributed by atoms with Crippen molar-refractivity contribution in [3.63, 3.8) is 0 Å². The van der Waals surface area contributed by atoms with E-state index in [1.54, 1.807) is 0 Å². The van der Waals surface area contributed by atoms with Gasteiger partial charge in [-0.25, -0.2) is 0 Å². The molecule has 1 N–H and O–H groups in total. The van der Waals surface area contributed by atoms with Crippen molar-refractivity contribution in [2.45, 2.75) is 19.3 Å². The normalized spacial score (nSPS) is 14.9. The summed E-state index contributed by atoms with van der Waals surface area (Å²) in [7, 11) is 0. The third-order valence-corrected chi connectivity index (χ3v) is 5.75. The fraction of sp³-hybridized carbons (Fsp3) is 0.429. The first kappa shape index (κ1) is 19.6. The molecule has 1 aromatic heterocycles. The standard InChI is InChI=1S/C21H27N3O2S/c25-20(9-4-11-22-21(26)19-8-5-17-27-19)24-15-13-23(14-16-24)12-10-18-6-2-1-3-7-18/h1-3,5-8,17H,4,9-16H2,(H,22,26). The molecule has 0 aliphatic carbocycles. The molecule has 2 heterocycles. The number of nitrogens with zero attached hydrogens (tertiary/aromatic N) is 2. The molecule has 1 aromatic carbocycles. The van der Waals surface area contributed by atoms with Gasteiger partial charge < -0.3 is 10.2 Å². The van der Waals surface area contributed by atoms with Crippen molar-refractivity contribution < 1.29 is 9.59 Å². The number of amides is 2.